The van der Waals surface area contributed by atoms with Crippen LogP contribution in [0.4, 0.5) is 0 Å². The standard InChI is InChI=1S/C10H15N3O2S/c1-6(11)9-12-7(4-16-9)8(15)13-10(5-14)2-3-10/h4,6,14H,2-3,5,11H2,1H3,(H,13,15). The number of thiazole rings is 1. The first-order valence-electron chi connectivity index (χ1n) is 5.21. The summed E-state index contributed by atoms with van der Waals surface area (Å²) in [5.41, 5.74) is 5.66. The molecule has 6 heteroatoms. The minimum Gasteiger partial charge on any atom is -0.394 e. The first-order chi connectivity index (χ1) is 7.56. The molecule has 1 aliphatic carbocycles. The van der Waals surface area contributed by atoms with Crippen LogP contribution in [0.25, 0.3) is 0 Å². The maximum absolute atomic E-state index is 11.8. The summed E-state index contributed by atoms with van der Waals surface area (Å²) >= 11 is 1.38. The largest absolute Gasteiger partial charge is 0.394 e. The van der Waals surface area contributed by atoms with Crippen molar-refractivity contribution in [1.29, 1.82) is 0 Å². The van der Waals surface area contributed by atoms with E-state index in [2.05, 4.69) is 10.3 Å². The molecule has 2 rings (SSSR count). The second kappa shape index (κ2) is 4.12. The number of hydrogen-bond acceptors (Lipinski definition) is 5. The van der Waals surface area contributed by atoms with E-state index in [1.54, 1.807) is 5.38 Å². The SMILES string of the molecule is CC(N)c1nc(C(=O)NC2(CO)CC2)cs1. The molecular weight excluding hydrogens is 226 g/mol. The maximum atomic E-state index is 11.8. The number of carbonyl (C=O) groups excluding carboxylic acids is 1. The van der Waals surface area contributed by atoms with Crippen LogP contribution in [-0.4, -0.2) is 28.1 Å². The quantitative estimate of drug-likeness (QED) is 0.712. The zero-order valence-corrected chi connectivity index (χ0v) is 9.88. The Morgan fingerprint density at radius 2 is 2.50 bits per heavy atom. The van der Waals surface area contributed by atoms with Gasteiger partial charge < -0.3 is 16.2 Å². The number of carbonyl (C=O) groups is 1. The molecular formula is C10H15N3O2S. The summed E-state index contributed by atoms with van der Waals surface area (Å²) in [6.45, 7) is 1.82. The number of amides is 1. The number of aliphatic hydroxyl groups excluding tert-OH is 1. The van der Waals surface area contributed by atoms with E-state index >= 15 is 0 Å². The van der Waals surface area contributed by atoms with Crippen LogP contribution < -0.4 is 11.1 Å². The van der Waals surface area contributed by atoms with Gasteiger partial charge in [0.2, 0.25) is 0 Å². The van der Waals surface area contributed by atoms with Crippen LogP contribution >= 0.6 is 11.3 Å². The summed E-state index contributed by atoms with van der Waals surface area (Å²) in [4.78, 5) is 15.9. The number of nitrogens with one attached hydrogen (secondary N) is 1. The second-order valence-corrected chi connectivity index (χ2v) is 5.14. The van der Waals surface area contributed by atoms with Crippen molar-refractivity contribution in [3.8, 4) is 0 Å². The van der Waals surface area contributed by atoms with E-state index in [0.717, 1.165) is 17.8 Å². The Labute approximate surface area is 97.7 Å². The summed E-state index contributed by atoms with van der Waals surface area (Å²) in [5.74, 6) is -0.227. The van der Waals surface area contributed by atoms with Crippen LogP contribution in [0, 0.1) is 0 Å². The molecule has 1 unspecified atom stereocenters. The Balaban J connectivity index is 2.03. The number of nitrogens with zero attached hydrogens (tertiary/aromatic N) is 1. The van der Waals surface area contributed by atoms with Crippen molar-refractivity contribution in [2.75, 3.05) is 6.61 Å². The summed E-state index contributed by atoms with van der Waals surface area (Å²) in [7, 11) is 0. The minimum atomic E-state index is -0.394. The highest BCUT2D eigenvalue weighted by Crippen LogP contribution is 2.34. The summed E-state index contributed by atoms with van der Waals surface area (Å²) < 4.78 is 0. The number of nitrogens with two attached hydrogens (primary N) is 1. The zero-order chi connectivity index (χ0) is 11.8. The van der Waals surface area contributed by atoms with Gasteiger partial charge in [-0.05, 0) is 19.8 Å². The number of rotatable bonds is 4. The topological polar surface area (TPSA) is 88.2 Å². The fourth-order valence-corrected chi connectivity index (χ4v) is 2.14. The lowest BCUT2D eigenvalue weighted by atomic mass is 10.3. The average molecular weight is 241 g/mol. The molecule has 4 N–H and O–H groups in total. The van der Waals surface area contributed by atoms with Gasteiger partial charge >= 0.3 is 0 Å². The van der Waals surface area contributed by atoms with Gasteiger partial charge in [-0.15, -0.1) is 11.3 Å². The molecule has 1 aromatic heterocycles. The van der Waals surface area contributed by atoms with Crippen molar-refractivity contribution >= 4 is 17.2 Å². The molecule has 0 aliphatic heterocycles. The van der Waals surface area contributed by atoms with Gasteiger partial charge in [-0.25, -0.2) is 4.98 Å². The Morgan fingerprint density at radius 1 is 1.81 bits per heavy atom. The van der Waals surface area contributed by atoms with Crippen LogP contribution in [-0.2, 0) is 0 Å². The molecule has 0 aromatic carbocycles. The fraction of sp³-hybridized carbons (Fsp3) is 0.600. The van der Waals surface area contributed by atoms with Gasteiger partial charge in [-0.3, -0.25) is 4.79 Å². The molecule has 0 spiro atoms. The third-order valence-electron chi connectivity index (χ3n) is 2.68. The lowest BCUT2D eigenvalue weighted by Crippen LogP contribution is -2.39. The van der Waals surface area contributed by atoms with Crippen LogP contribution in [0.5, 0.6) is 0 Å². The van der Waals surface area contributed by atoms with E-state index in [1.165, 1.54) is 11.3 Å². The molecule has 1 heterocycles. The first kappa shape index (κ1) is 11.5. The van der Waals surface area contributed by atoms with Crippen molar-refractivity contribution < 1.29 is 9.90 Å². The smallest absolute Gasteiger partial charge is 0.271 e. The van der Waals surface area contributed by atoms with Crippen molar-refractivity contribution in [2.45, 2.75) is 31.3 Å². The number of aliphatic hydroxyl groups is 1. The lowest BCUT2D eigenvalue weighted by Gasteiger charge is -2.12. The van der Waals surface area contributed by atoms with E-state index in [-0.39, 0.29) is 18.6 Å². The highest BCUT2D eigenvalue weighted by Gasteiger charge is 2.43. The average Bonchev–Trinajstić information content (AvgIpc) is 2.83. The van der Waals surface area contributed by atoms with Crippen LogP contribution in [0.3, 0.4) is 0 Å². The Bertz CT molecular complexity index is 399. The third kappa shape index (κ3) is 2.23. The van der Waals surface area contributed by atoms with E-state index in [1.807, 2.05) is 6.92 Å². The highest BCUT2D eigenvalue weighted by atomic mass is 32.1. The van der Waals surface area contributed by atoms with Gasteiger partial charge in [-0.1, -0.05) is 0 Å². The Hall–Kier alpha value is -0.980. The Kier molecular flexibility index (Phi) is 2.96. The van der Waals surface area contributed by atoms with Crippen molar-refractivity contribution in [3.05, 3.63) is 16.1 Å². The predicted molar refractivity (Wildman–Crippen MR) is 61.2 cm³/mol. The lowest BCUT2D eigenvalue weighted by molar-refractivity contribution is 0.0902. The van der Waals surface area contributed by atoms with Crippen molar-refractivity contribution in [3.63, 3.8) is 0 Å². The van der Waals surface area contributed by atoms with E-state index in [4.69, 9.17) is 10.8 Å². The normalized spacial score (nSPS) is 19.2. The molecule has 0 radical (unpaired) electrons. The predicted octanol–water partition coefficient (Wildman–Crippen LogP) is 0.417. The molecule has 1 aliphatic rings. The molecule has 1 aromatic rings. The number of aromatic nitrogens is 1. The van der Waals surface area contributed by atoms with Gasteiger partial charge in [0.05, 0.1) is 18.2 Å². The fourth-order valence-electron chi connectivity index (χ4n) is 1.38. The molecule has 1 amide bonds. The van der Waals surface area contributed by atoms with Crippen molar-refractivity contribution in [2.24, 2.45) is 5.73 Å². The molecule has 0 saturated heterocycles. The van der Waals surface area contributed by atoms with E-state index < -0.39 is 5.54 Å². The molecule has 5 nitrogen and oxygen atoms in total. The second-order valence-electron chi connectivity index (χ2n) is 4.25. The van der Waals surface area contributed by atoms with Crippen molar-refractivity contribution in [1.82, 2.24) is 10.3 Å². The zero-order valence-electron chi connectivity index (χ0n) is 9.06. The molecule has 16 heavy (non-hydrogen) atoms. The van der Waals surface area contributed by atoms with Gasteiger partial charge in [-0.2, -0.15) is 0 Å². The van der Waals surface area contributed by atoms with Gasteiger partial charge in [0.1, 0.15) is 10.7 Å². The van der Waals surface area contributed by atoms with E-state index in [9.17, 15) is 4.79 Å². The van der Waals surface area contributed by atoms with Crippen LogP contribution in [0.1, 0.15) is 41.3 Å². The van der Waals surface area contributed by atoms with Crippen LogP contribution in [0.15, 0.2) is 5.38 Å². The molecule has 0 bridgehead atoms. The van der Waals surface area contributed by atoms with Gasteiger partial charge in [0.25, 0.3) is 5.91 Å². The number of hydrogen-bond donors (Lipinski definition) is 3. The first-order valence-corrected chi connectivity index (χ1v) is 6.09. The Morgan fingerprint density at radius 3 is 2.94 bits per heavy atom. The maximum Gasteiger partial charge on any atom is 0.271 e. The molecule has 1 saturated carbocycles. The van der Waals surface area contributed by atoms with Gasteiger partial charge in [0, 0.05) is 5.38 Å². The molecule has 1 atom stereocenters. The highest BCUT2D eigenvalue weighted by molar-refractivity contribution is 7.09. The third-order valence-corrected chi connectivity index (χ3v) is 3.72. The summed E-state index contributed by atoms with van der Waals surface area (Å²) in [6, 6.07) is -0.153. The molecule has 1 fully saturated rings. The summed E-state index contributed by atoms with van der Waals surface area (Å²) in [6.07, 6.45) is 1.67. The van der Waals surface area contributed by atoms with E-state index in [0.29, 0.717) is 5.69 Å². The van der Waals surface area contributed by atoms with Gasteiger partial charge in [0.15, 0.2) is 0 Å². The minimum absolute atomic E-state index is 0.0109. The monoisotopic (exact) mass is 241 g/mol. The van der Waals surface area contributed by atoms with Crippen LogP contribution in [0.2, 0.25) is 0 Å². The summed E-state index contributed by atoms with van der Waals surface area (Å²) in [5, 5.41) is 14.3. The molecule has 88 valence electrons.